The summed E-state index contributed by atoms with van der Waals surface area (Å²) in [5, 5.41) is 25.0. The number of allylic oxidation sites excluding steroid dienone is 2. The minimum atomic E-state index is -4.30. The summed E-state index contributed by atoms with van der Waals surface area (Å²) in [6.07, 6.45) is 1.98. The Morgan fingerprint density at radius 3 is 2.40 bits per heavy atom. The SMILES string of the molecule is Cc1c(F)cccc1C1=C(C(=O)c2cccc(O)c2)CC(C(=O)C2CCCNC2)(S(=O)(=O)CCCN(C(C)C)C(C)C)C=C1O. The summed E-state index contributed by atoms with van der Waals surface area (Å²) in [6, 6.07) is 10.2. The highest BCUT2D eigenvalue weighted by Crippen LogP contribution is 2.45. The first-order chi connectivity index (χ1) is 21.2. The highest BCUT2D eigenvalue weighted by atomic mass is 32.2. The van der Waals surface area contributed by atoms with E-state index in [1.807, 2.05) is 27.7 Å². The van der Waals surface area contributed by atoms with Crippen molar-refractivity contribution in [2.45, 2.75) is 77.1 Å². The number of nitrogens with one attached hydrogen (secondary N) is 1. The molecule has 2 unspecified atom stereocenters. The van der Waals surface area contributed by atoms with Crippen LogP contribution >= 0.6 is 0 Å². The summed E-state index contributed by atoms with van der Waals surface area (Å²) >= 11 is 0. The Kier molecular flexibility index (Phi) is 10.7. The van der Waals surface area contributed by atoms with Crippen molar-refractivity contribution in [3.8, 4) is 5.75 Å². The number of piperidine rings is 1. The average Bonchev–Trinajstić information content (AvgIpc) is 2.99. The third-order valence-electron chi connectivity index (χ3n) is 9.08. The number of benzene rings is 2. The second-order valence-corrected chi connectivity index (χ2v) is 15.1. The zero-order valence-corrected chi connectivity index (χ0v) is 27.6. The molecule has 45 heavy (non-hydrogen) atoms. The van der Waals surface area contributed by atoms with E-state index in [4.69, 9.17) is 0 Å². The molecule has 2 atom stereocenters. The Morgan fingerprint density at radius 2 is 1.78 bits per heavy atom. The van der Waals surface area contributed by atoms with Crippen molar-refractivity contribution < 1.29 is 32.6 Å². The largest absolute Gasteiger partial charge is 0.508 e. The number of rotatable bonds is 12. The van der Waals surface area contributed by atoms with Crippen molar-refractivity contribution in [3.63, 3.8) is 0 Å². The monoisotopic (exact) mass is 640 g/mol. The number of nitrogens with zero attached hydrogens (tertiary/aromatic N) is 1. The van der Waals surface area contributed by atoms with E-state index in [1.165, 1.54) is 43.3 Å². The van der Waals surface area contributed by atoms with Crippen LogP contribution in [0.15, 0.2) is 59.9 Å². The van der Waals surface area contributed by atoms with E-state index < -0.39 is 50.1 Å². The van der Waals surface area contributed by atoms with Gasteiger partial charge in [-0.2, -0.15) is 0 Å². The Balaban J connectivity index is 1.90. The van der Waals surface area contributed by atoms with Crippen LogP contribution in [0, 0.1) is 18.7 Å². The van der Waals surface area contributed by atoms with Crippen LogP contribution in [0.5, 0.6) is 5.75 Å². The van der Waals surface area contributed by atoms with E-state index in [0.29, 0.717) is 25.9 Å². The van der Waals surface area contributed by atoms with Gasteiger partial charge in [0.1, 0.15) is 17.3 Å². The molecule has 8 nitrogen and oxygen atoms in total. The van der Waals surface area contributed by atoms with Crippen molar-refractivity contribution in [2.24, 2.45) is 5.92 Å². The molecule has 4 rings (SSSR count). The predicted octanol–water partition coefficient (Wildman–Crippen LogP) is 5.55. The number of halogens is 1. The predicted molar refractivity (Wildman–Crippen MR) is 175 cm³/mol. The Labute approximate surface area is 266 Å². The number of carbonyl (C=O) groups excluding carboxylic acids is 2. The van der Waals surface area contributed by atoms with E-state index in [1.54, 1.807) is 6.07 Å². The highest BCUT2D eigenvalue weighted by Gasteiger charge is 2.54. The van der Waals surface area contributed by atoms with Crippen LogP contribution in [-0.4, -0.2) is 77.3 Å². The third kappa shape index (κ3) is 7.08. The van der Waals surface area contributed by atoms with E-state index in [2.05, 4.69) is 10.2 Å². The molecule has 244 valence electrons. The number of phenols is 1. The molecule has 3 N–H and O–H groups in total. The zero-order valence-electron chi connectivity index (χ0n) is 26.8. The van der Waals surface area contributed by atoms with Crippen LogP contribution in [0.1, 0.15) is 74.9 Å². The zero-order chi connectivity index (χ0) is 33.1. The molecule has 0 aromatic heterocycles. The van der Waals surface area contributed by atoms with Crippen molar-refractivity contribution in [1.29, 1.82) is 0 Å². The van der Waals surface area contributed by atoms with Crippen LogP contribution in [0.3, 0.4) is 0 Å². The Bertz CT molecular complexity index is 1600. The second-order valence-electron chi connectivity index (χ2n) is 12.7. The fourth-order valence-electron chi connectivity index (χ4n) is 6.71. The summed E-state index contributed by atoms with van der Waals surface area (Å²) in [5.41, 5.74) is 0.283. The molecular formula is C35H45FN2O6S. The molecule has 1 aliphatic heterocycles. The normalized spacial score (nSPS) is 21.0. The number of aliphatic hydroxyl groups is 1. The molecule has 2 aromatic carbocycles. The third-order valence-corrected chi connectivity index (χ3v) is 11.5. The van der Waals surface area contributed by atoms with Crippen molar-refractivity contribution in [1.82, 2.24) is 10.2 Å². The fraction of sp³-hybridized carbons (Fsp3) is 0.486. The molecule has 0 amide bonds. The Hall–Kier alpha value is -3.34. The number of hydrogen-bond acceptors (Lipinski definition) is 8. The van der Waals surface area contributed by atoms with Gasteiger partial charge < -0.3 is 15.5 Å². The molecule has 2 aromatic rings. The van der Waals surface area contributed by atoms with Crippen LogP contribution in [0.4, 0.5) is 4.39 Å². The number of phenolic OH excluding ortho intramolecular Hbond substituents is 1. The summed E-state index contributed by atoms with van der Waals surface area (Å²) in [6.45, 7) is 11.1. The maximum Gasteiger partial charge on any atom is 0.189 e. The van der Waals surface area contributed by atoms with Gasteiger partial charge >= 0.3 is 0 Å². The molecule has 0 spiro atoms. The molecule has 1 aliphatic carbocycles. The molecule has 1 fully saturated rings. The van der Waals surface area contributed by atoms with E-state index in [0.717, 1.165) is 6.08 Å². The smallest absolute Gasteiger partial charge is 0.189 e. The molecule has 10 heteroatoms. The van der Waals surface area contributed by atoms with Gasteiger partial charge in [-0.1, -0.05) is 24.3 Å². The number of Topliss-reactive ketones (excluding diaryl/α,β-unsaturated/α-hetero) is 2. The van der Waals surface area contributed by atoms with Gasteiger partial charge in [0.15, 0.2) is 26.2 Å². The van der Waals surface area contributed by atoms with Gasteiger partial charge in [0.25, 0.3) is 0 Å². The van der Waals surface area contributed by atoms with E-state index >= 15 is 0 Å². The summed E-state index contributed by atoms with van der Waals surface area (Å²) in [7, 11) is -4.30. The van der Waals surface area contributed by atoms with Crippen molar-refractivity contribution in [3.05, 3.63) is 82.4 Å². The maximum absolute atomic E-state index is 14.8. The van der Waals surface area contributed by atoms with Gasteiger partial charge in [-0.3, -0.25) is 14.5 Å². The van der Waals surface area contributed by atoms with Crippen LogP contribution < -0.4 is 5.32 Å². The molecule has 2 aliphatic rings. The van der Waals surface area contributed by atoms with Crippen molar-refractivity contribution in [2.75, 3.05) is 25.4 Å². The summed E-state index contributed by atoms with van der Waals surface area (Å²) in [5.74, 6) is -3.51. The van der Waals surface area contributed by atoms with E-state index in [9.17, 15) is 32.6 Å². The first-order valence-corrected chi connectivity index (χ1v) is 17.3. The number of hydrogen-bond donors (Lipinski definition) is 3. The van der Waals surface area contributed by atoms with Gasteiger partial charge in [0, 0.05) is 47.7 Å². The van der Waals surface area contributed by atoms with Gasteiger partial charge in [-0.05, 0) is 102 Å². The number of ketones is 2. The average molecular weight is 641 g/mol. The second kappa shape index (κ2) is 14.0. The Morgan fingerprint density at radius 1 is 1.09 bits per heavy atom. The summed E-state index contributed by atoms with van der Waals surface area (Å²) in [4.78, 5) is 30.9. The van der Waals surface area contributed by atoms with Crippen LogP contribution in [-0.2, 0) is 14.6 Å². The van der Waals surface area contributed by atoms with E-state index in [-0.39, 0.29) is 64.4 Å². The van der Waals surface area contributed by atoms with Gasteiger partial charge in [0.05, 0.1) is 5.75 Å². The molecule has 0 radical (unpaired) electrons. The highest BCUT2D eigenvalue weighted by molar-refractivity contribution is 7.93. The molecule has 0 bridgehead atoms. The lowest BCUT2D eigenvalue weighted by atomic mass is 9.76. The van der Waals surface area contributed by atoms with Gasteiger partial charge in [0.2, 0.25) is 0 Å². The lowest BCUT2D eigenvalue weighted by molar-refractivity contribution is -0.124. The minimum absolute atomic E-state index is 0.0217. The quantitative estimate of drug-likeness (QED) is 0.258. The lowest BCUT2D eigenvalue weighted by Crippen LogP contribution is -2.53. The molecular weight excluding hydrogens is 595 g/mol. The molecule has 1 saturated heterocycles. The number of sulfone groups is 1. The number of aliphatic hydroxyl groups excluding tert-OH is 1. The maximum atomic E-state index is 14.8. The topological polar surface area (TPSA) is 124 Å². The molecule has 0 saturated carbocycles. The standard InChI is InChI=1S/C35H45FN2O6S/c1-22(2)38(23(3)4)16-9-17-45(43,44)35(34(42)26-11-8-15-37-21-26)19-29(33(41)25-10-6-12-27(39)18-25)32(31(40)20-35)28-13-7-14-30(36)24(28)5/h6-7,10,12-14,18,20,22-23,26,37,39-40H,8-9,11,15-17,19,21H2,1-5H3. The van der Waals surface area contributed by atoms with Gasteiger partial charge in [-0.25, -0.2) is 12.8 Å². The van der Waals surface area contributed by atoms with Crippen LogP contribution in [0.25, 0.3) is 5.57 Å². The first-order valence-electron chi connectivity index (χ1n) is 15.7. The fourth-order valence-corrected chi connectivity index (χ4v) is 8.71. The van der Waals surface area contributed by atoms with Crippen LogP contribution in [0.2, 0.25) is 0 Å². The van der Waals surface area contributed by atoms with Gasteiger partial charge in [-0.15, -0.1) is 0 Å². The minimum Gasteiger partial charge on any atom is -0.508 e. The first kappa shape index (κ1) is 34.5. The number of aromatic hydroxyl groups is 1. The summed E-state index contributed by atoms with van der Waals surface area (Å²) < 4.78 is 41.6. The molecule has 1 heterocycles. The number of carbonyl (C=O) groups is 2. The van der Waals surface area contributed by atoms with Crippen molar-refractivity contribution >= 4 is 27.0 Å². The lowest BCUT2D eigenvalue weighted by Gasteiger charge is -2.38.